The van der Waals surface area contributed by atoms with Crippen molar-refractivity contribution in [2.45, 2.75) is 26.3 Å². The number of anilines is 1. The van der Waals surface area contributed by atoms with E-state index in [9.17, 15) is 10.1 Å². The van der Waals surface area contributed by atoms with Gasteiger partial charge < -0.3 is 5.32 Å². The monoisotopic (exact) mass is 254 g/mol. The maximum Gasteiger partial charge on any atom is 0.292 e. The number of aryl methyl sites for hydroxylation is 1. The summed E-state index contributed by atoms with van der Waals surface area (Å²) in [6, 6.07) is 5.55. The molecule has 0 radical (unpaired) electrons. The largest absolute Gasteiger partial charge is 0.376 e. The zero-order valence-corrected chi connectivity index (χ0v) is 11.2. The molecule has 0 saturated carbocycles. The van der Waals surface area contributed by atoms with Crippen molar-refractivity contribution in [1.82, 2.24) is 0 Å². The van der Waals surface area contributed by atoms with Crippen LogP contribution >= 0.6 is 11.8 Å². The Bertz CT molecular complexity index is 396. The Balaban J connectivity index is 2.92. The van der Waals surface area contributed by atoms with Crippen LogP contribution in [-0.4, -0.2) is 23.0 Å². The van der Waals surface area contributed by atoms with Gasteiger partial charge in [-0.1, -0.05) is 13.0 Å². The minimum Gasteiger partial charge on any atom is -0.376 e. The van der Waals surface area contributed by atoms with Crippen molar-refractivity contribution in [1.29, 1.82) is 0 Å². The van der Waals surface area contributed by atoms with Crippen LogP contribution < -0.4 is 5.32 Å². The number of benzene rings is 1. The van der Waals surface area contributed by atoms with Crippen LogP contribution in [0.15, 0.2) is 18.2 Å². The molecule has 0 saturated heterocycles. The maximum absolute atomic E-state index is 11.0. The first-order valence-corrected chi connectivity index (χ1v) is 6.98. The van der Waals surface area contributed by atoms with Crippen molar-refractivity contribution in [3.8, 4) is 0 Å². The third kappa shape index (κ3) is 3.93. The van der Waals surface area contributed by atoms with E-state index in [0.29, 0.717) is 5.69 Å². The molecule has 0 aromatic heterocycles. The second-order valence-corrected chi connectivity index (χ2v) is 4.89. The van der Waals surface area contributed by atoms with Crippen LogP contribution in [0.4, 0.5) is 11.4 Å². The van der Waals surface area contributed by atoms with Gasteiger partial charge in [0.15, 0.2) is 0 Å². The van der Waals surface area contributed by atoms with E-state index in [1.807, 2.05) is 19.2 Å². The fraction of sp³-hybridized carbons (Fsp3) is 0.500. The number of rotatable bonds is 6. The standard InChI is InChI=1S/C12H18N2O2S/c1-4-10(8-17-3)13-11-6-5-9(2)7-12(11)14(15)16/h5-7,10,13H,4,8H2,1-3H3. The summed E-state index contributed by atoms with van der Waals surface area (Å²) in [6.45, 7) is 3.93. The SMILES string of the molecule is CCC(CSC)Nc1ccc(C)cc1[N+](=O)[O-]. The van der Waals surface area contributed by atoms with Crippen LogP contribution in [0, 0.1) is 17.0 Å². The summed E-state index contributed by atoms with van der Waals surface area (Å²) in [5.41, 5.74) is 1.67. The molecule has 1 rings (SSSR count). The van der Waals surface area contributed by atoms with E-state index < -0.39 is 0 Å². The van der Waals surface area contributed by atoms with Gasteiger partial charge in [0.05, 0.1) is 4.92 Å². The van der Waals surface area contributed by atoms with Crippen LogP contribution in [0.2, 0.25) is 0 Å². The minimum absolute atomic E-state index is 0.157. The quantitative estimate of drug-likeness (QED) is 0.624. The molecule has 0 aliphatic rings. The van der Waals surface area contributed by atoms with Crippen molar-refractivity contribution in [2.75, 3.05) is 17.3 Å². The Hall–Kier alpha value is -1.23. The average Bonchev–Trinajstić information content (AvgIpc) is 2.30. The molecular weight excluding hydrogens is 236 g/mol. The first kappa shape index (κ1) is 13.8. The summed E-state index contributed by atoms with van der Waals surface area (Å²) >= 11 is 1.74. The number of nitro benzene ring substituents is 1. The molecule has 0 aliphatic heterocycles. The van der Waals surface area contributed by atoms with Crippen LogP contribution in [0.5, 0.6) is 0 Å². The van der Waals surface area contributed by atoms with Crippen LogP contribution in [0.1, 0.15) is 18.9 Å². The van der Waals surface area contributed by atoms with Crippen molar-refractivity contribution >= 4 is 23.1 Å². The van der Waals surface area contributed by atoms with Crippen LogP contribution in [0.25, 0.3) is 0 Å². The lowest BCUT2D eigenvalue weighted by Gasteiger charge is -2.17. The second kappa shape index (κ2) is 6.49. The average molecular weight is 254 g/mol. The summed E-state index contributed by atoms with van der Waals surface area (Å²) < 4.78 is 0. The van der Waals surface area contributed by atoms with Gasteiger partial charge in [-0.2, -0.15) is 11.8 Å². The first-order valence-electron chi connectivity index (χ1n) is 5.59. The van der Waals surface area contributed by atoms with Crippen LogP contribution in [0.3, 0.4) is 0 Å². The Kier molecular flexibility index (Phi) is 5.28. The molecule has 4 nitrogen and oxygen atoms in total. The second-order valence-electron chi connectivity index (χ2n) is 3.98. The molecule has 1 aromatic rings. The van der Waals surface area contributed by atoms with E-state index in [1.165, 1.54) is 0 Å². The third-order valence-electron chi connectivity index (χ3n) is 2.57. The number of nitro groups is 1. The van der Waals surface area contributed by atoms with Crippen molar-refractivity contribution in [3.63, 3.8) is 0 Å². The van der Waals surface area contributed by atoms with E-state index in [-0.39, 0.29) is 16.7 Å². The van der Waals surface area contributed by atoms with Gasteiger partial charge in [0.1, 0.15) is 5.69 Å². The van der Waals surface area contributed by atoms with Gasteiger partial charge in [-0.15, -0.1) is 0 Å². The predicted molar refractivity (Wildman–Crippen MR) is 73.9 cm³/mol. The van der Waals surface area contributed by atoms with Gasteiger partial charge in [0.25, 0.3) is 5.69 Å². The molecule has 0 amide bonds. The Morgan fingerprint density at radius 3 is 2.76 bits per heavy atom. The molecule has 1 aromatic carbocycles. The Morgan fingerprint density at radius 2 is 2.24 bits per heavy atom. The number of nitrogens with one attached hydrogen (secondary N) is 1. The fourth-order valence-corrected chi connectivity index (χ4v) is 2.32. The van der Waals surface area contributed by atoms with E-state index in [2.05, 4.69) is 12.2 Å². The maximum atomic E-state index is 11.0. The molecule has 0 heterocycles. The fourth-order valence-electron chi connectivity index (χ4n) is 1.60. The molecule has 1 unspecified atom stereocenters. The predicted octanol–water partition coefficient (Wildman–Crippen LogP) is 3.46. The van der Waals surface area contributed by atoms with Crippen molar-refractivity contribution in [2.24, 2.45) is 0 Å². The topological polar surface area (TPSA) is 55.2 Å². The highest BCUT2D eigenvalue weighted by molar-refractivity contribution is 7.98. The summed E-state index contributed by atoms with van der Waals surface area (Å²) in [4.78, 5) is 10.6. The highest BCUT2D eigenvalue weighted by Gasteiger charge is 2.16. The summed E-state index contributed by atoms with van der Waals surface area (Å²) in [5, 5.41) is 14.2. The number of hydrogen-bond acceptors (Lipinski definition) is 4. The smallest absolute Gasteiger partial charge is 0.292 e. The number of hydrogen-bond donors (Lipinski definition) is 1. The number of nitrogens with zero attached hydrogens (tertiary/aromatic N) is 1. The lowest BCUT2D eigenvalue weighted by Crippen LogP contribution is -2.21. The normalized spacial score (nSPS) is 12.2. The van der Waals surface area contributed by atoms with E-state index in [0.717, 1.165) is 17.7 Å². The van der Waals surface area contributed by atoms with E-state index in [1.54, 1.807) is 23.9 Å². The molecular formula is C12H18N2O2S. The molecule has 17 heavy (non-hydrogen) atoms. The molecule has 1 N–H and O–H groups in total. The van der Waals surface area contributed by atoms with Gasteiger partial charge in [-0.25, -0.2) is 0 Å². The van der Waals surface area contributed by atoms with Gasteiger partial charge in [-0.05, 0) is 31.2 Å². The van der Waals surface area contributed by atoms with E-state index in [4.69, 9.17) is 0 Å². The molecule has 94 valence electrons. The highest BCUT2D eigenvalue weighted by atomic mass is 32.2. The molecule has 5 heteroatoms. The Labute approximate surface area is 106 Å². The summed E-state index contributed by atoms with van der Waals surface area (Å²) in [5.74, 6) is 0.946. The summed E-state index contributed by atoms with van der Waals surface area (Å²) in [7, 11) is 0. The zero-order valence-electron chi connectivity index (χ0n) is 10.4. The molecule has 0 spiro atoms. The van der Waals surface area contributed by atoms with Gasteiger partial charge in [0, 0.05) is 17.9 Å². The Morgan fingerprint density at radius 1 is 1.53 bits per heavy atom. The molecule has 0 aliphatic carbocycles. The lowest BCUT2D eigenvalue weighted by atomic mass is 10.1. The van der Waals surface area contributed by atoms with Gasteiger partial charge >= 0.3 is 0 Å². The molecule has 1 atom stereocenters. The first-order chi connectivity index (χ1) is 8.08. The van der Waals surface area contributed by atoms with Gasteiger partial charge in [-0.3, -0.25) is 10.1 Å². The molecule has 0 fully saturated rings. The lowest BCUT2D eigenvalue weighted by molar-refractivity contribution is -0.384. The van der Waals surface area contributed by atoms with E-state index >= 15 is 0 Å². The van der Waals surface area contributed by atoms with Crippen LogP contribution in [-0.2, 0) is 0 Å². The highest BCUT2D eigenvalue weighted by Crippen LogP contribution is 2.26. The number of thioether (sulfide) groups is 1. The molecule has 0 bridgehead atoms. The van der Waals surface area contributed by atoms with Gasteiger partial charge in [0.2, 0.25) is 0 Å². The van der Waals surface area contributed by atoms with Crippen molar-refractivity contribution in [3.05, 3.63) is 33.9 Å². The third-order valence-corrected chi connectivity index (χ3v) is 3.31. The zero-order chi connectivity index (χ0) is 12.8. The summed E-state index contributed by atoms with van der Waals surface area (Å²) in [6.07, 6.45) is 2.99. The van der Waals surface area contributed by atoms with Crippen molar-refractivity contribution < 1.29 is 4.92 Å². The minimum atomic E-state index is -0.332.